The van der Waals surface area contributed by atoms with Gasteiger partial charge in [-0.15, -0.1) is 0 Å². The van der Waals surface area contributed by atoms with Crippen LogP contribution in [0.4, 0.5) is 0 Å². The van der Waals surface area contributed by atoms with Crippen LogP contribution in [0, 0.1) is 11.3 Å². The van der Waals surface area contributed by atoms with Gasteiger partial charge in [-0.05, 0) is 18.2 Å². The van der Waals surface area contributed by atoms with E-state index in [4.69, 9.17) is 5.26 Å². The number of carbonyl (C=O) groups excluding carboxylic acids is 1. The minimum absolute atomic E-state index is 0.0465. The zero-order chi connectivity index (χ0) is 14.7. The molecule has 0 radical (unpaired) electrons. The highest BCUT2D eigenvalue weighted by Crippen LogP contribution is 2.19. The van der Waals surface area contributed by atoms with Crippen molar-refractivity contribution in [2.75, 3.05) is 32.7 Å². The van der Waals surface area contributed by atoms with E-state index in [-0.39, 0.29) is 5.91 Å². The molecule has 1 aromatic carbocycles. The van der Waals surface area contributed by atoms with Gasteiger partial charge in [-0.1, -0.05) is 12.1 Å². The van der Waals surface area contributed by atoms with Crippen molar-refractivity contribution in [1.29, 1.82) is 5.26 Å². The number of nitriles is 1. The minimum Gasteiger partial charge on any atom is -0.336 e. The Kier molecular flexibility index (Phi) is 3.80. The topological polar surface area (TPSA) is 60.2 Å². The van der Waals surface area contributed by atoms with Crippen LogP contribution in [0.2, 0.25) is 0 Å². The zero-order valence-corrected chi connectivity index (χ0v) is 11.7. The first-order valence-electron chi connectivity index (χ1n) is 7.02. The predicted octanol–water partition coefficient (Wildman–Crippen LogP) is 1.52. The molecule has 1 aliphatic heterocycles. The molecule has 1 aromatic heterocycles. The molecule has 0 saturated carbocycles. The highest BCUT2D eigenvalue weighted by atomic mass is 16.2. The van der Waals surface area contributed by atoms with Crippen LogP contribution in [0.3, 0.4) is 0 Å². The van der Waals surface area contributed by atoms with Crippen molar-refractivity contribution in [3.05, 3.63) is 42.1 Å². The van der Waals surface area contributed by atoms with Crippen molar-refractivity contribution in [3.8, 4) is 6.07 Å². The first-order chi connectivity index (χ1) is 10.3. The van der Waals surface area contributed by atoms with Crippen LogP contribution >= 0.6 is 0 Å². The molecule has 5 nitrogen and oxygen atoms in total. The Balaban J connectivity index is 1.81. The molecular formula is C16H16N4O. The highest BCUT2D eigenvalue weighted by Gasteiger charge is 2.23. The van der Waals surface area contributed by atoms with Crippen LogP contribution < -0.4 is 0 Å². The van der Waals surface area contributed by atoms with Crippen molar-refractivity contribution in [3.63, 3.8) is 0 Å². The smallest absolute Gasteiger partial charge is 0.254 e. The largest absolute Gasteiger partial charge is 0.336 e. The van der Waals surface area contributed by atoms with E-state index in [0.29, 0.717) is 25.2 Å². The standard InChI is InChI=1S/C16H16N4O/c17-6-8-19-9-11-20(12-10-19)16(21)14-3-1-5-15-13(14)4-2-7-18-15/h1-5,7H,8-12H2. The summed E-state index contributed by atoms with van der Waals surface area (Å²) in [6, 6.07) is 11.6. The maximum absolute atomic E-state index is 12.7. The molecule has 0 unspecified atom stereocenters. The monoisotopic (exact) mass is 280 g/mol. The average Bonchev–Trinajstić information content (AvgIpc) is 2.55. The Morgan fingerprint density at radius 3 is 2.76 bits per heavy atom. The van der Waals surface area contributed by atoms with Crippen LogP contribution in [0.15, 0.2) is 36.5 Å². The van der Waals surface area contributed by atoms with Crippen LogP contribution in [0.1, 0.15) is 10.4 Å². The van der Waals surface area contributed by atoms with Crippen molar-refractivity contribution in [1.82, 2.24) is 14.8 Å². The number of carbonyl (C=O) groups is 1. The van der Waals surface area contributed by atoms with Gasteiger partial charge in [-0.25, -0.2) is 0 Å². The van der Waals surface area contributed by atoms with Gasteiger partial charge in [0.25, 0.3) is 5.91 Å². The molecule has 106 valence electrons. The quantitative estimate of drug-likeness (QED) is 0.782. The molecule has 3 rings (SSSR count). The minimum atomic E-state index is 0.0465. The summed E-state index contributed by atoms with van der Waals surface area (Å²) in [4.78, 5) is 20.9. The number of pyridine rings is 1. The number of piperazine rings is 1. The van der Waals surface area contributed by atoms with E-state index in [1.165, 1.54) is 0 Å². The Hall–Kier alpha value is -2.45. The molecule has 1 amide bonds. The lowest BCUT2D eigenvalue weighted by Gasteiger charge is -2.33. The van der Waals surface area contributed by atoms with E-state index in [1.54, 1.807) is 6.20 Å². The number of fused-ring (bicyclic) bond motifs is 1. The van der Waals surface area contributed by atoms with E-state index < -0.39 is 0 Å². The Morgan fingerprint density at radius 1 is 1.19 bits per heavy atom. The highest BCUT2D eigenvalue weighted by molar-refractivity contribution is 6.06. The summed E-state index contributed by atoms with van der Waals surface area (Å²) in [6.07, 6.45) is 1.73. The van der Waals surface area contributed by atoms with E-state index in [2.05, 4.69) is 16.0 Å². The number of hydrogen-bond acceptors (Lipinski definition) is 4. The molecule has 0 spiro atoms. The Labute approximate surface area is 123 Å². The molecule has 0 N–H and O–H groups in total. The second kappa shape index (κ2) is 5.90. The molecular weight excluding hydrogens is 264 g/mol. The average molecular weight is 280 g/mol. The van der Waals surface area contributed by atoms with Gasteiger partial charge < -0.3 is 4.90 Å². The molecule has 0 aliphatic carbocycles. The Morgan fingerprint density at radius 2 is 2.00 bits per heavy atom. The summed E-state index contributed by atoms with van der Waals surface area (Å²) in [7, 11) is 0. The number of amides is 1. The summed E-state index contributed by atoms with van der Waals surface area (Å²) in [5, 5.41) is 9.60. The SMILES string of the molecule is N#CCN1CCN(C(=O)c2cccc3ncccc23)CC1. The maximum Gasteiger partial charge on any atom is 0.254 e. The molecule has 1 fully saturated rings. The molecule has 5 heteroatoms. The first-order valence-corrected chi connectivity index (χ1v) is 7.02. The third-order valence-electron chi connectivity index (χ3n) is 3.83. The van der Waals surface area contributed by atoms with Crippen molar-refractivity contribution in [2.45, 2.75) is 0 Å². The van der Waals surface area contributed by atoms with E-state index in [9.17, 15) is 4.79 Å². The summed E-state index contributed by atoms with van der Waals surface area (Å²) in [5.74, 6) is 0.0465. The molecule has 1 saturated heterocycles. The van der Waals surface area contributed by atoms with Gasteiger partial charge in [-0.3, -0.25) is 14.7 Å². The number of hydrogen-bond donors (Lipinski definition) is 0. The number of benzene rings is 1. The number of aromatic nitrogens is 1. The molecule has 21 heavy (non-hydrogen) atoms. The van der Waals surface area contributed by atoms with Gasteiger partial charge in [-0.2, -0.15) is 5.26 Å². The Bertz CT molecular complexity index is 693. The lowest BCUT2D eigenvalue weighted by molar-refractivity contribution is 0.0654. The summed E-state index contributed by atoms with van der Waals surface area (Å²) in [6.45, 7) is 3.26. The van der Waals surface area contributed by atoms with Gasteiger partial charge in [0.05, 0.1) is 18.1 Å². The van der Waals surface area contributed by atoms with Crippen LogP contribution in [0.25, 0.3) is 10.9 Å². The van der Waals surface area contributed by atoms with E-state index >= 15 is 0 Å². The van der Waals surface area contributed by atoms with E-state index in [0.717, 1.165) is 24.0 Å². The second-order valence-corrected chi connectivity index (χ2v) is 5.10. The summed E-state index contributed by atoms with van der Waals surface area (Å²) < 4.78 is 0. The van der Waals surface area contributed by atoms with Crippen molar-refractivity contribution in [2.24, 2.45) is 0 Å². The van der Waals surface area contributed by atoms with Crippen molar-refractivity contribution >= 4 is 16.8 Å². The molecule has 2 aromatic rings. The van der Waals surface area contributed by atoms with Crippen LogP contribution in [-0.2, 0) is 0 Å². The third kappa shape index (κ3) is 2.71. The molecule has 0 bridgehead atoms. The van der Waals surface area contributed by atoms with Gasteiger partial charge >= 0.3 is 0 Å². The lowest BCUT2D eigenvalue weighted by Crippen LogP contribution is -2.48. The van der Waals surface area contributed by atoms with Gasteiger partial charge in [0.1, 0.15) is 0 Å². The fourth-order valence-electron chi connectivity index (χ4n) is 2.67. The lowest BCUT2D eigenvalue weighted by atomic mass is 10.1. The van der Waals surface area contributed by atoms with Gasteiger partial charge in [0.15, 0.2) is 0 Å². The predicted molar refractivity (Wildman–Crippen MR) is 79.7 cm³/mol. The zero-order valence-electron chi connectivity index (χ0n) is 11.7. The van der Waals surface area contributed by atoms with E-state index in [1.807, 2.05) is 35.2 Å². The molecule has 2 heterocycles. The fourth-order valence-corrected chi connectivity index (χ4v) is 2.67. The maximum atomic E-state index is 12.7. The van der Waals surface area contributed by atoms with Crippen LogP contribution in [-0.4, -0.2) is 53.4 Å². The van der Waals surface area contributed by atoms with Gasteiger partial charge in [0.2, 0.25) is 0 Å². The number of rotatable bonds is 2. The third-order valence-corrected chi connectivity index (χ3v) is 3.83. The van der Waals surface area contributed by atoms with Gasteiger partial charge in [0, 0.05) is 43.3 Å². The summed E-state index contributed by atoms with van der Waals surface area (Å²) in [5.41, 5.74) is 1.54. The second-order valence-electron chi connectivity index (χ2n) is 5.10. The number of nitrogens with zero attached hydrogens (tertiary/aromatic N) is 4. The molecule has 1 aliphatic rings. The van der Waals surface area contributed by atoms with Crippen LogP contribution in [0.5, 0.6) is 0 Å². The summed E-state index contributed by atoms with van der Waals surface area (Å²) >= 11 is 0. The molecule has 0 atom stereocenters. The van der Waals surface area contributed by atoms with Crippen molar-refractivity contribution < 1.29 is 4.79 Å². The normalized spacial score (nSPS) is 15.9. The fraction of sp³-hybridized carbons (Fsp3) is 0.312. The first kappa shape index (κ1) is 13.5.